The zero-order valence-electron chi connectivity index (χ0n) is 15.4. The van der Waals surface area contributed by atoms with E-state index in [1.807, 2.05) is 13.0 Å². The van der Waals surface area contributed by atoms with Gasteiger partial charge in [0.25, 0.3) is 5.91 Å². The van der Waals surface area contributed by atoms with Gasteiger partial charge in [-0.15, -0.1) is 5.10 Å². The molecule has 1 amide bonds. The van der Waals surface area contributed by atoms with E-state index in [0.717, 1.165) is 11.5 Å². The second-order valence-corrected chi connectivity index (χ2v) is 6.57. The Kier molecular flexibility index (Phi) is 6.33. The van der Waals surface area contributed by atoms with Crippen LogP contribution in [0.4, 0.5) is 5.69 Å². The van der Waals surface area contributed by atoms with Crippen LogP contribution < -0.4 is 10.1 Å². The summed E-state index contributed by atoms with van der Waals surface area (Å²) in [6, 6.07) is 15.7. The van der Waals surface area contributed by atoms with Crippen LogP contribution in [0.25, 0.3) is 0 Å². The van der Waals surface area contributed by atoms with Crippen molar-refractivity contribution < 1.29 is 19.1 Å². The number of hydrogen-bond donors (Lipinski definition) is 1. The van der Waals surface area contributed by atoms with E-state index in [4.69, 9.17) is 9.47 Å². The van der Waals surface area contributed by atoms with Gasteiger partial charge in [-0.25, -0.2) is 4.79 Å². The fourth-order valence-corrected chi connectivity index (χ4v) is 3.17. The Morgan fingerprint density at radius 2 is 1.82 bits per heavy atom. The quantitative estimate of drug-likeness (QED) is 0.612. The molecule has 0 aliphatic carbocycles. The van der Waals surface area contributed by atoms with Gasteiger partial charge < -0.3 is 14.8 Å². The number of amides is 1. The smallest absolute Gasteiger partial charge is 0.353 e. The molecule has 1 atom stereocenters. The Labute approximate surface area is 166 Å². The number of aryl methyl sites for hydroxylation is 1. The summed E-state index contributed by atoms with van der Waals surface area (Å²) in [4.78, 5) is 25.8. The van der Waals surface area contributed by atoms with Gasteiger partial charge >= 0.3 is 5.97 Å². The predicted molar refractivity (Wildman–Crippen MR) is 106 cm³/mol. The van der Waals surface area contributed by atoms with Crippen molar-refractivity contribution in [2.24, 2.45) is 0 Å². The first-order valence-electron chi connectivity index (χ1n) is 8.64. The summed E-state index contributed by atoms with van der Waals surface area (Å²) in [6.07, 6.45) is -0.558. The molecule has 3 rings (SSSR count). The summed E-state index contributed by atoms with van der Waals surface area (Å²) >= 11 is 0.958. The maximum Gasteiger partial charge on any atom is 0.353 e. The molecule has 0 saturated carbocycles. The molecule has 1 N–H and O–H groups in total. The van der Waals surface area contributed by atoms with Gasteiger partial charge in [0.05, 0.1) is 12.8 Å². The average molecular weight is 397 g/mol. The third-order valence-corrected chi connectivity index (χ3v) is 4.75. The Morgan fingerprint density at radius 3 is 2.46 bits per heavy atom. The average Bonchev–Trinajstić information content (AvgIpc) is 3.22. The van der Waals surface area contributed by atoms with Crippen molar-refractivity contribution in [1.82, 2.24) is 9.59 Å². The number of rotatable bonds is 7. The van der Waals surface area contributed by atoms with Crippen molar-refractivity contribution in [3.8, 4) is 5.75 Å². The van der Waals surface area contributed by atoms with Crippen LogP contribution in [0.15, 0.2) is 54.6 Å². The lowest BCUT2D eigenvalue weighted by Crippen LogP contribution is -2.26. The molecule has 3 aromatic rings. The fraction of sp³-hybridized carbons (Fsp3) is 0.200. The van der Waals surface area contributed by atoms with Crippen LogP contribution in [0.3, 0.4) is 0 Å². The maximum absolute atomic E-state index is 12.9. The molecule has 28 heavy (non-hydrogen) atoms. The van der Waals surface area contributed by atoms with Crippen molar-refractivity contribution >= 4 is 29.1 Å². The molecule has 0 spiro atoms. The van der Waals surface area contributed by atoms with E-state index in [1.165, 1.54) is 0 Å². The predicted octanol–water partition coefficient (Wildman–Crippen LogP) is 3.65. The van der Waals surface area contributed by atoms with E-state index in [0.29, 0.717) is 34.0 Å². The molecule has 0 fully saturated rings. The van der Waals surface area contributed by atoms with E-state index < -0.39 is 18.0 Å². The highest BCUT2D eigenvalue weighted by Gasteiger charge is 2.28. The topological polar surface area (TPSA) is 90.4 Å². The van der Waals surface area contributed by atoms with Crippen LogP contribution in [0.5, 0.6) is 5.75 Å². The molecule has 1 aromatic heterocycles. The molecule has 0 saturated heterocycles. The fourth-order valence-electron chi connectivity index (χ4n) is 2.54. The Bertz CT molecular complexity index is 942. The molecule has 1 unspecified atom stereocenters. The van der Waals surface area contributed by atoms with Crippen molar-refractivity contribution in [1.29, 1.82) is 0 Å². The van der Waals surface area contributed by atoms with Crippen LogP contribution >= 0.6 is 11.5 Å². The summed E-state index contributed by atoms with van der Waals surface area (Å²) in [6.45, 7) is 1.87. The number of hydrogen-bond acceptors (Lipinski definition) is 7. The van der Waals surface area contributed by atoms with Crippen molar-refractivity contribution in [2.45, 2.75) is 19.4 Å². The zero-order valence-corrected chi connectivity index (χ0v) is 16.2. The highest BCUT2D eigenvalue weighted by Crippen LogP contribution is 2.24. The largest absolute Gasteiger partial charge is 0.497 e. The normalized spacial score (nSPS) is 11.5. The molecular formula is C20H19N3O4S. The van der Waals surface area contributed by atoms with Crippen LogP contribution in [-0.2, 0) is 16.0 Å². The standard InChI is InChI=1S/C20H19N3O4S/c1-3-16-18(28-23-22-16)20(25)27-17(13-7-5-4-6-8-13)19(24)21-14-9-11-15(26-2)12-10-14/h4-12,17H,3H2,1-2H3,(H,21,24). The van der Waals surface area contributed by atoms with Gasteiger partial charge in [-0.2, -0.15) is 0 Å². The zero-order chi connectivity index (χ0) is 19.9. The second-order valence-electron chi connectivity index (χ2n) is 5.82. The number of aromatic nitrogens is 2. The SMILES string of the molecule is CCc1nnsc1C(=O)OC(C(=O)Nc1ccc(OC)cc1)c1ccccc1. The minimum atomic E-state index is -1.11. The molecular weight excluding hydrogens is 378 g/mol. The van der Waals surface area contributed by atoms with E-state index in [1.54, 1.807) is 55.6 Å². The first-order valence-corrected chi connectivity index (χ1v) is 9.41. The van der Waals surface area contributed by atoms with Crippen molar-refractivity contribution in [3.05, 3.63) is 70.7 Å². The number of carbonyl (C=O) groups is 2. The summed E-state index contributed by atoms with van der Waals surface area (Å²) in [5.74, 6) is -0.403. The number of benzene rings is 2. The third-order valence-electron chi connectivity index (χ3n) is 4.00. The number of nitrogens with one attached hydrogen (secondary N) is 1. The van der Waals surface area contributed by atoms with Crippen LogP contribution in [-0.4, -0.2) is 28.6 Å². The number of ether oxygens (including phenoxy) is 2. The molecule has 7 nitrogen and oxygen atoms in total. The van der Waals surface area contributed by atoms with Gasteiger partial charge in [-0.3, -0.25) is 4.79 Å². The van der Waals surface area contributed by atoms with Gasteiger partial charge in [0.15, 0.2) is 4.88 Å². The maximum atomic E-state index is 12.9. The van der Waals surface area contributed by atoms with E-state index in [-0.39, 0.29) is 0 Å². The number of esters is 1. The minimum Gasteiger partial charge on any atom is -0.497 e. The van der Waals surface area contributed by atoms with Crippen LogP contribution in [0.1, 0.15) is 34.0 Å². The number of anilines is 1. The van der Waals surface area contributed by atoms with E-state index in [2.05, 4.69) is 14.9 Å². The highest BCUT2D eigenvalue weighted by molar-refractivity contribution is 7.07. The number of carbonyl (C=O) groups excluding carboxylic acids is 2. The Morgan fingerprint density at radius 1 is 1.11 bits per heavy atom. The molecule has 1 heterocycles. The first kappa shape index (κ1) is 19.5. The summed E-state index contributed by atoms with van der Waals surface area (Å²) in [7, 11) is 1.57. The first-order chi connectivity index (χ1) is 13.6. The summed E-state index contributed by atoms with van der Waals surface area (Å²) < 4.78 is 14.5. The van der Waals surface area contributed by atoms with Crippen molar-refractivity contribution in [2.75, 3.05) is 12.4 Å². The monoisotopic (exact) mass is 397 g/mol. The molecule has 0 aliphatic rings. The Balaban J connectivity index is 1.82. The molecule has 144 valence electrons. The van der Waals surface area contributed by atoms with Crippen LogP contribution in [0, 0.1) is 0 Å². The van der Waals surface area contributed by atoms with E-state index >= 15 is 0 Å². The molecule has 8 heteroatoms. The molecule has 0 aliphatic heterocycles. The second kappa shape index (κ2) is 9.09. The van der Waals surface area contributed by atoms with Crippen LogP contribution in [0.2, 0.25) is 0 Å². The molecule has 0 bridgehead atoms. The third kappa shape index (κ3) is 4.52. The van der Waals surface area contributed by atoms with Crippen molar-refractivity contribution in [3.63, 3.8) is 0 Å². The lowest BCUT2D eigenvalue weighted by atomic mass is 10.1. The summed E-state index contributed by atoms with van der Waals surface area (Å²) in [5, 5.41) is 6.69. The Hall–Kier alpha value is -3.26. The van der Waals surface area contributed by atoms with Gasteiger partial charge in [0.2, 0.25) is 6.10 Å². The van der Waals surface area contributed by atoms with Gasteiger partial charge in [0.1, 0.15) is 5.75 Å². The lowest BCUT2D eigenvalue weighted by molar-refractivity contribution is -0.125. The lowest BCUT2D eigenvalue weighted by Gasteiger charge is -2.18. The molecule has 2 aromatic carbocycles. The minimum absolute atomic E-state index is 0.306. The van der Waals surface area contributed by atoms with Gasteiger partial charge in [-0.1, -0.05) is 41.7 Å². The van der Waals surface area contributed by atoms with Gasteiger partial charge in [0, 0.05) is 11.3 Å². The van der Waals surface area contributed by atoms with Gasteiger partial charge in [-0.05, 0) is 42.2 Å². The van der Waals surface area contributed by atoms with E-state index in [9.17, 15) is 9.59 Å². The number of nitrogens with zero attached hydrogens (tertiary/aromatic N) is 2. The molecule has 0 radical (unpaired) electrons. The highest BCUT2D eigenvalue weighted by atomic mass is 32.1. The summed E-state index contributed by atoms with van der Waals surface area (Å²) in [5.41, 5.74) is 1.69. The number of methoxy groups -OCH3 is 1.